The Kier molecular flexibility index (Phi) is 7.17. The average Bonchev–Trinajstić information content (AvgIpc) is 2.66. The van der Waals surface area contributed by atoms with Gasteiger partial charge in [0.25, 0.3) is 0 Å². The van der Waals surface area contributed by atoms with Crippen LogP contribution in [0.25, 0.3) is 0 Å². The molecule has 2 rings (SSSR count). The zero-order valence-electron chi connectivity index (χ0n) is 14.4. The van der Waals surface area contributed by atoms with Crippen LogP contribution in [-0.4, -0.2) is 30.2 Å². The van der Waals surface area contributed by atoms with Crippen molar-refractivity contribution in [3.8, 4) is 11.5 Å². The van der Waals surface area contributed by atoms with Gasteiger partial charge in [0.1, 0.15) is 0 Å². The van der Waals surface area contributed by atoms with Crippen molar-refractivity contribution < 1.29 is 19.4 Å². The lowest BCUT2D eigenvalue weighted by molar-refractivity contribution is -0.126. The molecule has 0 aliphatic carbocycles. The molecule has 0 heterocycles. The third-order valence-corrected chi connectivity index (χ3v) is 3.52. The van der Waals surface area contributed by atoms with E-state index in [1.165, 1.54) is 19.4 Å². The highest BCUT2D eigenvalue weighted by molar-refractivity contribution is 5.85. The molecule has 7 nitrogen and oxygen atoms in total. The monoisotopic (exact) mass is 355 g/mol. The standard InChI is InChI=1S/C19H21N3O4/c1-26-17-11-15(7-8-16(17)23)13-21-22-19(25)10-9-18(24)20-12-14-5-3-2-4-6-14/h2-8,11,13,23H,9-10,12H2,1H3,(H,20,24)(H,22,25)/b21-13+. The molecule has 2 amide bonds. The molecule has 7 heteroatoms. The quantitative estimate of drug-likeness (QED) is 0.498. The molecule has 2 aromatic carbocycles. The fourth-order valence-corrected chi connectivity index (χ4v) is 2.12. The highest BCUT2D eigenvalue weighted by Gasteiger charge is 2.06. The Morgan fingerprint density at radius 1 is 1.12 bits per heavy atom. The summed E-state index contributed by atoms with van der Waals surface area (Å²) in [6.45, 7) is 0.433. The smallest absolute Gasteiger partial charge is 0.240 e. The number of nitrogens with one attached hydrogen (secondary N) is 2. The van der Waals surface area contributed by atoms with Crippen LogP contribution in [0.5, 0.6) is 11.5 Å². The van der Waals surface area contributed by atoms with E-state index in [9.17, 15) is 14.7 Å². The number of phenols is 1. The minimum atomic E-state index is -0.359. The van der Waals surface area contributed by atoms with Gasteiger partial charge in [0.15, 0.2) is 11.5 Å². The van der Waals surface area contributed by atoms with Gasteiger partial charge in [-0.1, -0.05) is 30.3 Å². The molecule has 0 spiro atoms. The Balaban J connectivity index is 1.70. The van der Waals surface area contributed by atoms with Crippen molar-refractivity contribution in [2.75, 3.05) is 7.11 Å². The predicted octanol–water partition coefficient (Wildman–Crippen LogP) is 1.95. The van der Waals surface area contributed by atoms with Gasteiger partial charge < -0.3 is 15.2 Å². The molecule has 2 aromatic rings. The number of benzene rings is 2. The van der Waals surface area contributed by atoms with E-state index >= 15 is 0 Å². The van der Waals surface area contributed by atoms with E-state index in [2.05, 4.69) is 15.8 Å². The first-order valence-electron chi connectivity index (χ1n) is 8.08. The van der Waals surface area contributed by atoms with Gasteiger partial charge in [0.05, 0.1) is 13.3 Å². The molecule has 26 heavy (non-hydrogen) atoms. The number of carbonyl (C=O) groups is 2. The summed E-state index contributed by atoms with van der Waals surface area (Å²) in [4.78, 5) is 23.5. The maximum atomic E-state index is 11.8. The van der Waals surface area contributed by atoms with Crippen molar-refractivity contribution in [3.63, 3.8) is 0 Å². The molecule has 0 aliphatic heterocycles. The van der Waals surface area contributed by atoms with Crippen molar-refractivity contribution in [2.24, 2.45) is 5.10 Å². The molecule has 0 atom stereocenters. The summed E-state index contributed by atoms with van der Waals surface area (Å²) in [5.74, 6) is -0.219. The SMILES string of the molecule is COc1cc(/C=N/NC(=O)CCC(=O)NCc2ccccc2)ccc1O. The molecule has 0 saturated carbocycles. The van der Waals surface area contributed by atoms with Crippen LogP contribution < -0.4 is 15.5 Å². The van der Waals surface area contributed by atoms with Crippen LogP contribution in [0.2, 0.25) is 0 Å². The third kappa shape index (κ3) is 6.27. The van der Waals surface area contributed by atoms with Crippen molar-refractivity contribution in [1.29, 1.82) is 0 Å². The second-order valence-electron chi connectivity index (χ2n) is 5.49. The molecule has 0 aliphatic rings. The molecule has 0 aromatic heterocycles. The third-order valence-electron chi connectivity index (χ3n) is 3.52. The van der Waals surface area contributed by atoms with Crippen LogP contribution in [-0.2, 0) is 16.1 Å². The van der Waals surface area contributed by atoms with Crippen molar-refractivity contribution in [2.45, 2.75) is 19.4 Å². The van der Waals surface area contributed by atoms with Gasteiger partial charge in [-0.15, -0.1) is 0 Å². The van der Waals surface area contributed by atoms with E-state index in [0.29, 0.717) is 17.9 Å². The first kappa shape index (κ1) is 19.0. The normalized spacial score (nSPS) is 10.5. The number of rotatable bonds is 8. The highest BCUT2D eigenvalue weighted by Crippen LogP contribution is 2.25. The Labute approximate surface area is 151 Å². The van der Waals surface area contributed by atoms with Crippen molar-refractivity contribution in [1.82, 2.24) is 10.7 Å². The first-order chi connectivity index (χ1) is 12.6. The van der Waals surface area contributed by atoms with Gasteiger partial charge in [-0.2, -0.15) is 5.10 Å². The van der Waals surface area contributed by atoms with Crippen LogP contribution in [0.4, 0.5) is 0 Å². The maximum Gasteiger partial charge on any atom is 0.240 e. The fraction of sp³-hybridized carbons (Fsp3) is 0.211. The van der Waals surface area contributed by atoms with Crippen LogP contribution in [0.15, 0.2) is 53.6 Å². The van der Waals surface area contributed by atoms with Crippen LogP contribution in [0.3, 0.4) is 0 Å². The summed E-state index contributed by atoms with van der Waals surface area (Å²) in [6, 6.07) is 14.2. The molecule has 3 N–H and O–H groups in total. The molecule has 0 radical (unpaired) electrons. The number of ether oxygens (including phenoxy) is 1. The Morgan fingerprint density at radius 3 is 2.58 bits per heavy atom. The highest BCUT2D eigenvalue weighted by atomic mass is 16.5. The van der Waals surface area contributed by atoms with Gasteiger partial charge in [-0.25, -0.2) is 5.43 Å². The summed E-state index contributed by atoms with van der Waals surface area (Å²) >= 11 is 0. The van der Waals surface area contributed by atoms with E-state index in [1.54, 1.807) is 12.1 Å². The summed E-state index contributed by atoms with van der Waals surface area (Å²) in [5.41, 5.74) is 4.01. The second-order valence-corrected chi connectivity index (χ2v) is 5.49. The summed E-state index contributed by atoms with van der Waals surface area (Å²) in [5, 5.41) is 16.1. The Bertz CT molecular complexity index is 776. The molecular weight excluding hydrogens is 334 g/mol. The summed E-state index contributed by atoms with van der Waals surface area (Å²) in [6.07, 6.45) is 1.55. The Morgan fingerprint density at radius 2 is 1.85 bits per heavy atom. The van der Waals surface area contributed by atoms with Gasteiger partial charge in [-0.3, -0.25) is 9.59 Å². The van der Waals surface area contributed by atoms with E-state index in [4.69, 9.17) is 4.74 Å². The minimum Gasteiger partial charge on any atom is -0.504 e. The second kappa shape index (κ2) is 9.83. The number of amides is 2. The van der Waals surface area contributed by atoms with Crippen molar-refractivity contribution >= 4 is 18.0 Å². The number of aromatic hydroxyl groups is 1. The number of methoxy groups -OCH3 is 1. The largest absolute Gasteiger partial charge is 0.504 e. The molecule has 136 valence electrons. The minimum absolute atomic E-state index is 0.0233. The van der Waals surface area contributed by atoms with E-state index < -0.39 is 0 Å². The van der Waals surface area contributed by atoms with Gasteiger partial charge in [-0.05, 0) is 29.3 Å². The molecule has 0 unspecified atom stereocenters. The maximum absolute atomic E-state index is 11.8. The zero-order chi connectivity index (χ0) is 18.8. The molecule has 0 saturated heterocycles. The number of hydrogen-bond donors (Lipinski definition) is 3. The topological polar surface area (TPSA) is 100 Å². The molecule has 0 fully saturated rings. The van der Waals surface area contributed by atoms with E-state index in [0.717, 1.165) is 5.56 Å². The lowest BCUT2D eigenvalue weighted by atomic mass is 10.2. The van der Waals surface area contributed by atoms with Gasteiger partial charge in [0.2, 0.25) is 11.8 Å². The summed E-state index contributed by atoms with van der Waals surface area (Å²) < 4.78 is 4.99. The van der Waals surface area contributed by atoms with E-state index in [-0.39, 0.29) is 30.4 Å². The molecule has 0 bridgehead atoms. The van der Waals surface area contributed by atoms with E-state index in [1.807, 2.05) is 30.3 Å². The number of hydrazone groups is 1. The van der Waals surface area contributed by atoms with Gasteiger partial charge >= 0.3 is 0 Å². The van der Waals surface area contributed by atoms with Crippen LogP contribution in [0, 0.1) is 0 Å². The number of carbonyl (C=O) groups excluding carboxylic acids is 2. The van der Waals surface area contributed by atoms with Crippen LogP contribution >= 0.6 is 0 Å². The molecular formula is C19H21N3O4. The van der Waals surface area contributed by atoms with Crippen LogP contribution in [0.1, 0.15) is 24.0 Å². The fourth-order valence-electron chi connectivity index (χ4n) is 2.12. The Hall–Kier alpha value is -3.35. The zero-order valence-corrected chi connectivity index (χ0v) is 14.4. The summed E-state index contributed by atoms with van der Waals surface area (Å²) in [7, 11) is 1.45. The average molecular weight is 355 g/mol. The van der Waals surface area contributed by atoms with Crippen molar-refractivity contribution in [3.05, 3.63) is 59.7 Å². The number of phenolic OH excluding ortho intramolecular Hbond substituents is 1. The number of nitrogens with zero attached hydrogens (tertiary/aromatic N) is 1. The lowest BCUT2D eigenvalue weighted by Crippen LogP contribution is -2.25. The number of hydrogen-bond acceptors (Lipinski definition) is 5. The first-order valence-corrected chi connectivity index (χ1v) is 8.08. The lowest BCUT2D eigenvalue weighted by Gasteiger charge is -2.05. The van der Waals surface area contributed by atoms with Gasteiger partial charge in [0, 0.05) is 19.4 Å². The predicted molar refractivity (Wildman–Crippen MR) is 97.9 cm³/mol.